The van der Waals surface area contributed by atoms with Crippen molar-refractivity contribution in [2.24, 2.45) is 5.73 Å². The fourth-order valence-electron chi connectivity index (χ4n) is 6.10. The lowest BCUT2D eigenvalue weighted by Crippen LogP contribution is -2.17. The van der Waals surface area contributed by atoms with Crippen molar-refractivity contribution in [2.45, 2.75) is 36.5 Å². The van der Waals surface area contributed by atoms with Gasteiger partial charge in [0.05, 0.1) is 12.8 Å². The first kappa shape index (κ1) is 39.1. The van der Waals surface area contributed by atoms with E-state index in [1.165, 1.54) is 41.1 Å². The summed E-state index contributed by atoms with van der Waals surface area (Å²) >= 11 is 3.39. The molecule has 264 valence electrons. The number of carbonyl (C=O) groups excluding carboxylic acids is 1. The molecule has 2 aliphatic carbocycles. The van der Waals surface area contributed by atoms with Crippen molar-refractivity contribution in [2.75, 3.05) is 26.6 Å². The van der Waals surface area contributed by atoms with Gasteiger partial charge in [-0.2, -0.15) is 0 Å². The number of allylic oxidation sites excluding steroid dienone is 4. The van der Waals surface area contributed by atoms with Gasteiger partial charge in [-0.05, 0) is 161 Å². The van der Waals surface area contributed by atoms with Gasteiger partial charge in [0, 0.05) is 16.8 Å². The van der Waals surface area contributed by atoms with Crippen molar-refractivity contribution < 1.29 is 23.5 Å². The van der Waals surface area contributed by atoms with Gasteiger partial charge in [0.1, 0.15) is 11.6 Å². The van der Waals surface area contributed by atoms with Gasteiger partial charge in [-0.15, -0.1) is 23.5 Å². The van der Waals surface area contributed by atoms with E-state index in [1.54, 1.807) is 42.7 Å². The molecule has 1 amide bonds. The summed E-state index contributed by atoms with van der Waals surface area (Å²) in [7, 11) is 3.11. The number of nitrogens with one attached hydrogen (secondary N) is 1. The van der Waals surface area contributed by atoms with Crippen LogP contribution in [0.2, 0.25) is 0 Å². The zero-order valence-corrected chi connectivity index (χ0v) is 31.2. The van der Waals surface area contributed by atoms with Crippen LogP contribution >= 0.6 is 23.5 Å². The number of rotatable bonds is 8. The van der Waals surface area contributed by atoms with Crippen molar-refractivity contribution in [3.05, 3.63) is 141 Å². The molecule has 4 N–H and O–H groups in total. The lowest BCUT2D eigenvalue weighted by Gasteiger charge is -2.05. The Kier molecular flexibility index (Phi) is 13.8. The Morgan fingerprint density at radius 2 is 1.06 bits per heavy atom. The van der Waals surface area contributed by atoms with Crippen LogP contribution in [0.25, 0.3) is 34.4 Å². The number of aliphatic carboxylic acids is 1. The van der Waals surface area contributed by atoms with Gasteiger partial charge in [0.2, 0.25) is 5.91 Å². The molecule has 51 heavy (non-hydrogen) atoms. The van der Waals surface area contributed by atoms with E-state index in [2.05, 4.69) is 53.5 Å². The van der Waals surface area contributed by atoms with Crippen LogP contribution in [0.15, 0.2) is 106 Å². The molecule has 0 spiro atoms. The summed E-state index contributed by atoms with van der Waals surface area (Å²) in [5.74, 6) is -1.62. The monoisotopic (exact) mass is 724 g/mol. The minimum absolute atomic E-state index is 0.0739. The van der Waals surface area contributed by atoms with Gasteiger partial charge in [-0.3, -0.25) is 9.59 Å². The number of benzene rings is 4. The molecule has 9 heteroatoms. The van der Waals surface area contributed by atoms with Crippen molar-refractivity contribution in [1.82, 2.24) is 5.32 Å². The van der Waals surface area contributed by atoms with Crippen LogP contribution < -0.4 is 11.1 Å². The molecule has 0 unspecified atom stereocenters. The molecule has 5 nitrogen and oxygen atoms in total. The zero-order valence-electron chi connectivity index (χ0n) is 29.6. The third-order valence-corrected chi connectivity index (χ3v) is 10.2. The SMILES string of the molecule is CN.CNC(=O)CC1=C(C)/C(=C/c2ccc(SC)cc2)c2ccc(F)cc21.CSc1ccc(/C=C2/C(C)=C(CC(=O)O)c3cc(F)ccc32)cc1. The predicted molar refractivity (Wildman–Crippen MR) is 211 cm³/mol. The Bertz CT molecular complexity index is 2050. The van der Waals surface area contributed by atoms with Crippen molar-refractivity contribution >= 4 is 69.8 Å². The first-order valence-electron chi connectivity index (χ1n) is 16.2. The number of fused-ring (bicyclic) bond motifs is 2. The third-order valence-electron chi connectivity index (χ3n) is 8.70. The number of amides is 1. The average Bonchev–Trinajstić information content (AvgIpc) is 3.53. The third kappa shape index (κ3) is 9.35. The molecule has 6 rings (SSSR count). The summed E-state index contributed by atoms with van der Waals surface area (Å²) in [6, 6.07) is 25.8. The second-order valence-corrected chi connectivity index (χ2v) is 13.4. The van der Waals surface area contributed by atoms with Crippen molar-refractivity contribution in [3.8, 4) is 0 Å². The number of hydrogen-bond acceptors (Lipinski definition) is 5. The largest absolute Gasteiger partial charge is 0.481 e. The summed E-state index contributed by atoms with van der Waals surface area (Å²) in [5, 5.41) is 11.8. The van der Waals surface area contributed by atoms with Crippen molar-refractivity contribution in [3.63, 3.8) is 0 Å². The van der Waals surface area contributed by atoms with Crippen LogP contribution in [0.5, 0.6) is 0 Å². The van der Waals surface area contributed by atoms with E-state index in [-0.39, 0.29) is 30.4 Å². The Morgan fingerprint density at radius 3 is 1.41 bits per heavy atom. The molecule has 0 saturated heterocycles. The summed E-state index contributed by atoms with van der Waals surface area (Å²) in [6.45, 7) is 3.90. The van der Waals surface area contributed by atoms with E-state index in [4.69, 9.17) is 0 Å². The minimum Gasteiger partial charge on any atom is -0.481 e. The Morgan fingerprint density at radius 1 is 0.667 bits per heavy atom. The fraction of sp³-hybridized carbons (Fsp3) is 0.190. The molecule has 2 aliphatic rings. The van der Waals surface area contributed by atoms with Gasteiger partial charge in [-0.25, -0.2) is 8.78 Å². The molecule has 0 radical (unpaired) electrons. The molecule has 0 aliphatic heterocycles. The van der Waals surface area contributed by atoms with Gasteiger partial charge in [0.25, 0.3) is 0 Å². The quantitative estimate of drug-likeness (QED) is 0.157. The standard InChI is InChI=1S/C21H20FNOS.C20H17FO2S.CH5N/c1-13-18(10-14-4-7-16(25-3)8-5-14)17-9-6-15(22)11-20(17)19(13)12-21(24)23-2;1-12-17(9-13-3-6-15(24-2)7-4-13)16-8-5-14(21)10-19(16)18(12)11-20(22)23;1-2/h4-11H,12H2,1-3H3,(H,23,24);3-10H,11H2,1-2H3,(H,22,23);2H2,1H3/b18-10-;17-9-;. The maximum atomic E-state index is 13.8. The molecule has 0 bridgehead atoms. The number of carboxylic acid groups (broad SMARTS) is 1. The molecular formula is C42H42F2N2O3S2. The van der Waals surface area contributed by atoms with Crippen LogP contribution in [0.3, 0.4) is 0 Å². The number of hydrogen-bond donors (Lipinski definition) is 3. The normalized spacial score (nSPS) is 14.5. The van der Waals surface area contributed by atoms with E-state index < -0.39 is 5.97 Å². The predicted octanol–water partition coefficient (Wildman–Crippen LogP) is 9.94. The van der Waals surface area contributed by atoms with E-state index in [9.17, 15) is 23.5 Å². The van der Waals surface area contributed by atoms with Crippen molar-refractivity contribution in [1.29, 1.82) is 0 Å². The van der Waals surface area contributed by atoms with Gasteiger partial charge in [0.15, 0.2) is 0 Å². The van der Waals surface area contributed by atoms with E-state index >= 15 is 0 Å². The molecule has 4 aromatic carbocycles. The number of halogens is 2. The highest BCUT2D eigenvalue weighted by atomic mass is 32.2. The zero-order chi connectivity index (χ0) is 37.2. The summed E-state index contributed by atoms with van der Waals surface area (Å²) in [6.07, 6.45) is 8.36. The molecule has 0 fully saturated rings. The van der Waals surface area contributed by atoms with Gasteiger partial charge < -0.3 is 16.2 Å². The van der Waals surface area contributed by atoms with E-state index in [0.717, 1.165) is 55.7 Å². The Labute approximate surface area is 307 Å². The van der Waals surface area contributed by atoms with Gasteiger partial charge in [-0.1, -0.05) is 36.4 Å². The minimum atomic E-state index is -0.912. The van der Waals surface area contributed by atoms with Crippen LogP contribution in [0.1, 0.15) is 60.1 Å². The summed E-state index contributed by atoms with van der Waals surface area (Å²) in [4.78, 5) is 25.5. The van der Waals surface area contributed by atoms with Gasteiger partial charge >= 0.3 is 5.97 Å². The average molecular weight is 725 g/mol. The summed E-state index contributed by atoms with van der Waals surface area (Å²) < 4.78 is 27.4. The Hall–Kier alpha value is -4.70. The molecule has 0 aromatic heterocycles. The molecular weight excluding hydrogens is 683 g/mol. The Balaban J connectivity index is 0.000000218. The number of thioether (sulfide) groups is 2. The fourth-order valence-corrected chi connectivity index (χ4v) is 6.91. The lowest BCUT2D eigenvalue weighted by atomic mass is 10.0. The van der Waals surface area contributed by atoms with Crippen LogP contribution in [-0.2, 0) is 9.59 Å². The second kappa shape index (κ2) is 18.0. The molecule has 0 heterocycles. The molecule has 0 atom stereocenters. The smallest absolute Gasteiger partial charge is 0.307 e. The van der Waals surface area contributed by atoms with E-state index in [0.29, 0.717) is 11.1 Å². The molecule has 0 saturated carbocycles. The second-order valence-electron chi connectivity index (χ2n) is 11.7. The topological polar surface area (TPSA) is 92.4 Å². The first-order valence-corrected chi connectivity index (χ1v) is 18.7. The van der Waals surface area contributed by atoms with Crippen LogP contribution in [-0.4, -0.2) is 43.6 Å². The van der Waals surface area contributed by atoms with Crippen LogP contribution in [0, 0.1) is 11.6 Å². The first-order chi connectivity index (χ1) is 24.5. The highest BCUT2D eigenvalue weighted by Crippen LogP contribution is 2.45. The van der Waals surface area contributed by atoms with E-state index in [1.807, 2.05) is 44.6 Å². The molecule has 4 aromatic rings. The lowest BCUT2D eigenvalue weighted by molar-refractivity contribution is -0.135. The highest BCUT2D eigenvalue weighted by molar-refractivity contribution is 7.98. The summed E-state index contributed by atoms with van der Waals surface area (Å²) in [5.41, 5.74) is 15.5. The van der Waals surface area contributed by atoms with Crippen LogP contribution in [0.4, 0.5) is 8.78 Å². The maximum Gasteiger partial charge on any atom is 0.307 e. The number of nitrogens with two attached hydrogens (primary N) is 1. The highest BCUT2D eigenvalue weighted by Gasteiger charge is 2.27. The number of carboxylic acids is 1. The number of carbonyl (C=O) groups is 2. The maximum absolute atomic E-state index is 13.8.